The molecule has 16 heavy (non-hydrogen) atoms. The summed E-state index contributed by atoms with van der Waals surface area (Å²) in [5.74, 6) is 4.92. The number of unbranched alkanes of at least 4 members (excludes halogenated alkanes) is 2. The first kappa shape index (κ1) is 13.1. The Kier molecular flexibility index (Phi) is 5.95. The number of rotatable bonds is 3. The van der Waals surface area contributed by atoms with Crippen LogP contribution in [0.3, 0.4) is 0 Å². The highest BCUT2D eigenvalue weighted by Crippen LogP contribution is 2.18. The number of hydrogen-bond acceptors (Lipinski definition) is 3. The van der Waals surface area contributed by atoms with Crippen molar-refractivity contribution in [1.82, 2.24) is 0 Å². The summed E-state index contributed by atoms with van der Waals surface area (Å²) in [5, 5.41) is 9.79. The third-order valence-electron chi connectivity index (χ3n) is 2.74. The molecule has 0 saturated carbocycles. The molecule has 1 N–H and O–H groups in total. The van der Waals surface area contributed by atoms with Crippen LogP contribution in [0.4, 0.5) is 0 Å². The molecule has 90 valence electrons. The molecule has 1 fully saturated rings. The lowest BCUT2D eigenvalue weighted by Crippen LogP contribution is -2.27. The average molecular weight is 224 g/mol. The van der Waals surface area contributed by atoms with Gasteiger partial charge in [-0.15, -0.1) is 5.92 Å². The molecular weight excluding hydrogens is 204 g/mol. The predicted octanol–water partition coefficient (Wildman–Crippen LogP) is 1.88. The summed E-state index contributed by atoms with van der Waals surface area (Å²) >= 11 is 0. The summed E-state index contributed by atoms with van der Waals surface area (Å²) in [6.07, 6.45) is 4.55. The van der Waals surface area contributed by atoms with Gasteiger partial charge in [0.05, 0.1) is 12.5 Å². The quantitative estimate of drug-likeness (QED) is 0.452. The molecule has 1 aliphatic heterocycles. The molecule has 1 rings (SSSR count). The lowest BCUT2D eigenvalue weighted by molar-refractivity contribution is -0.149. The molecule has 0 bridgehead atoms. The average Bonchev–Trinajstić information content (AvgIpc) is 2.49. The van der Waals surface area contributed by atoms with E-state index in [-0.39, 0.29) is 5.97 Å². The maximum Gasteiger partial charge on any atom is 0.312 e. The molecule has 1 aliphatic rings. The van der Waals surface area contributed by atoms with Crippen molar-refractivity contribution in [2.24, 2.45) is 5.92 Å². The zero-order chi connectivity index (χ0) is 11.8. The summed E-state index contributed by atoms with van der Waals surface area (Å²) in [7, 11) is 0. The summed E-state index contributed by atoms with van der Waals surface area (Å²) < 4.78 is 5.00. The molecule has 0 aromatic carbocycles. The van der Waals surface area contributed by atoms with Crippen molar-refractivity contribution < 1.29 is 14.6 Å². The summed E-state index contributed by atoms with van der Waals surface area (Å²) in [4.78, 5) is 11.5. The Morgan fingerprint density at radius 1 is 1.56 bits per heavy atom. The Balaban J connectivity index is 2.45. The monoisotopic (exact) mass is 224 g/mol. The lowest BCUT2D eigenvalue weighted by atomic mass is 9.97. The van der Waals surface area contributed by atoms with E-state index in [0.717, 1.165) is 32.1 Å². The van der Waals surface area contributed by atoms with E-state index in [4.69, 9.17) is 4.74 Å². The van der Waals surface area contributed by atoms with Crippen molar-refractivity contribution in [3.05, 3.63) is 0 Å². The second kappa shape index (κ2) is 7.29. The highest BCUT2D eigenvalue weighted by atomic mass is 16.5. The second-order valence-corrected chi connectivity index (χ2v) is 4.14. The van der Waals surface area contributed by atoms with Crippen molar-refractivity contribution in [3.8, 4) is 11.8 Å². The van der Waals surface area contributed by atoms with Gasteiger partial charge in [0, 0.05) is 6.42 Å². The topological polar surface area (TPSA) is 46.5 Å². The molecule has 1 heterocycles. The number of cyclic esters (lactones) is 1. The van der Waals surface area contributed by atoms with E-state index in [1.54, 1.807) is 0 Å². The van der Waals surface area contributed by atoms with Crippen molar-refractivity contribution in [2.75, 3.05) is 6.61 Å². The van der Waals surface area contributed by atoms with Crippen molar-refractivity contribution in [3.63, 3.8) is 0 Å². The Hall–Kier alpha value is -1.01. The number of carbonyl (C=O) groups is 1. The number of aliphatic hydroxyl groups excluding tert-OH is 1. The largest absolute Gasteiger partial charge is 0.465 e. The SMILES string of the molecule is CCCCC#C[C@H](O)[C@H]1CCCCOC1=O. The van der Waals surface area contributed by atoms with Gasteiger partial charge in [0.25, 0.3) is 0 Å². The van der Waals surface area contributed by atoms with Crippen LogP contribution < -0.4 is 0 Å². The van der Waals surface area contributed by atoms with Crippen LogP contribution in [0, 0.1) is 17.8 Å². The van der Waals surface area contributed by atoms with Gasteiger partial charge in [0.2, 0.25) is 0 Å². The fourth-order valence-corrected chi connectivity index (χ4v) is 1.69. The number of esters is 1. The number of aliphatic hydroxyl groups is 1. The van der Waals surface area contributed by atoms with Crippen LogP contribution in [0.15, 0.2) is 0 Å². The van der Waals surface area contributed by atoms with E-state index in [1.165, 1.54) is 0 Å². The van der Waals surface area contributed by atoms with Crippen LogP contribution in [-0.4, -0.2) is 23.8 Å². The lowest BCUT2D eigenvalue weighted by Gasteiger charge is -2.13. The molecule has 0 spiro atoms. The second-order valence-electron chi connectivity index (χ2n) is 4.14. The molecule has 1 saturated heterocycles. The maximum absolute atomic E-state index is 11.5. The van der Waals surface area contributed by atoms with Gasteiger partial charge < -0.3 is 9.84 Å². The highest BCUT2D eigenvalue weighted by Gasteiger charge is 2.28. The predicted molar refractivity (Wildman–Crippen MR) is 61.6 cm³/mol. The Bertz CT molecular complexity index is 275. The van der Waals surface area contributed by atoms with Crippen molar-refractivity contribution in [1.29, 1.82) is 0 Å². The van der Waals surface area contributed by atoms with E-state index in [1.807, 2.05) is 0 Å². The molecule has 0 radical (unpaired) electrons. The van der Waals surface area contributed by atoms with Crippen LogP contribution in [0.5, 0.6) is 0 Å². The number of hydrogen-bond donors (Lipinski definition) is 1. The minimum absolute atomic E-state index is 0.296. The van der Waals surface area contributed by atoms with Crippen molar-refractivity contribution in [2.45, 2.75) is 51.6 Å². The Morgan fingerprint density at radius 2 is 2.38 bits per heavy atom. The van der Waals surface area contributed by atoms with E-state index >= 15 is 0 Å². The van der Waals surface area contributed by atoms with Crippen LogP contribution >= 0.6 is 0 Å². The standard InChI is InChI=1S/C13H20O3/c1-2-3-4-5-9-12(14)11-8-6-7-10-16-13(11)15/h11-12,14H,2-4,6-8,10H2,1H3/t11-,12+/m1/s1. The molecule has 0 aromatic heterocycles. The summed E-state index contributed by atoms with van der Waals surface area (Å²) in [6.45, 7) is 2.58. The van der Waals surface area contributed by atoms with Gasteiger partial charge in [-0.3, -0.25) is 4.79 Å². The van der Waals surface area contributed by atoms with E-state index in [2.05, 4.69) is 18.8 Å². The third-order valence-corrected chi connectivity index (χ3v) is 2.74. The fraction of sp³-hybridized carbons (Fsp3) is 0.769. The van der Waals surface area contributed by atoms with Crippen molar-refractivity contribution >= 4 is 5.97 Å². The zero-order valence-electron chi connectivity index (χ0n) is 9.87. The van der Waals surface area contributed by atoms with Gasteiger partial charge in [-0.2, -0.15) is 0 Å². The Labute approximate surface area is 97.2 Å². The summed E-state index contributed by atoms with van der Waals surface area (Å²) in [5.41, 5.74) is 0. The molecular formula is C13H20O3. The third kappa shape index (κ3) is 4.24. The fourth-order valence-electron chi connectivity index (χ4n) is 1.69. The van der Waals surface area contributed by atoms with Crippen LogP contribution in [0.1, 0.15) is 45.4 Å². The minimum atomic E-state index is -0.859. The minimum Gasteiger partial charge on any atom is -0.465 e. The Morgan fingerprint density at radius 3 is 3.12 bits per heavy atom. The zero-order valence-corrected chi connectivity index (χ0v) is 9.87. The number of carbonyl (C=O) groups excluding carboxylic acids is 1. The first-order valence-corrected chi connectivity index (χ1v) is 6.08. The van der Waals surface area contributed by atoms with Crippen LogP contribution in [0.2, 0.25) is 0 Å². The molecule has 2 atom stereocenters. The molecule has 3 nitrogen and oxygen atoms in total. The van der Waals surface area contributed by atoms with E-state index in [9.17, 15) is 9.90 Å². The first-order chi connectivity index (χ1) is 7.75. The van der Waals surface area contributed by atoms with E-state index < -0.39 is 12.0 Å². The van der Waals surface area contributed by atoms with Gasteiger partial charge >= 0.3 is 5.97 Å². The van der Waals surface area contributed by atoms with Gasteiger partial charge in [0.1, 0.15) is 6.10 Å². The van der Waals surface area contributed by atoms with Gasteiger partial charge in [-0.1, -0.05) is 19.3 Å². The number of ether oxygens (including phenoxy) is 1. The highest BCUT2D eigenvalue weighted by molar-refractivity contribution is 5.73. The first-order valence-electron chi connectivity index (χ1n) is 6.08. The van der Waals surface area contributed by atoms with Crippen LogP contribution in [0.25, 0.3) is 0 Å². The van der Waals surface area contributed by atoms with Crippen LogP contribution in [-0.2, 0) is 9.53 Å². The molecule has 3 heteroatoms. The molecule has 0 aromatic rings. The van der Waals surface area contributed by atoms with E-state index in [0.29, 0.717) is 13.0 Å². The van der Waals surface area contributed by atoms with Gasteiger partial charge in [-0.05, 0) is 25.7 Å². The molecule has 0 amide bonds. The molecule has 0 unspecified atom stereocenters. The molecule has 0 aliphatic carbocycles. The summed E-state index contributed by atoms with van der Waals surface area (Å²) in [6, 6.07) is 0. The van der Waals surface area contributed by atoms with Gasteiger partial charge in [-0.25, -0.2) is 0 Å². The maximum atomic E-state index is 11.5. The normalized spacial score (nSPS) is 22.6. The van der Waals surface area contributed by atoms with Gasteiger partial charge in [0.15, 0.2) is 0 Å². The smallest absolute Gasteiger partial charge is 0.312 e.